The van der Waals surface area contributed by atoms with Gasteiger partial charge in [0.25, 0.3) is 5.91 Å². The SMILES string of the molecule is CC(=NNC(=O)c1ccncc1)c1ccc(OC(F)F)cc1. The summed E-state index contributed by atoms with van der Waals surface area (Å²) in [5, 5.41) is 3.97. The van der Waals surface area contributed by atoms with Gasteiger partial charge in [-0.2, -0.15) is 13.9 Å². The van der Waals surface area contributed by atoms with E-state index in [1.165, 1.54) is 24.5 Å². The van der Waals surface area contributed by atoms with Gasteiger partial charge in [0.15, 0.2) is 0 Å². The monoisotopic (exact) mass is 305 g/mol. The summed E-state index contributed by atoms with van der Waals surface area (Å²) in [4.78, 5) is 15.6. The molecule has 0 saturated heterocycles. The highest BCUT2D eigenvalue weighted by Gasteiger charge is 2.06. The van der Waals surface area contributed by atoms with Crippen LogP contribution in [0.3, 0.4) is 0 Å². The maximum atomic E-state index is 12.1. The van der Waals surface area contributed by atoms with Gasteiger partial charge in [-0.05, 0) is 48.9 Å². The van der Waals surface area contributed by atoms with E-state index in [4.69, 9.17) is 0 Å². The Morgan fingerprint density at radius 3 is 2.36 bits per heavy atom. The predicted molar refractivity (Wildman–Crippen MR) is 77.0 cm³/mol. The summed E-state index contributed by atoms with van der Waals surface area (Å²) < 4.78 is 28.4. The number of hydrogen-bond donors (Lipinski definition) is 1. The second-order valence-electron chi connectivity index (χ2n) is 4.28. The molecule has 0 saturated carbocycles. The fourth-order valence-corrected chi connectivity index (χ4v) is 1.64. The minimum Gasteiger partial charge on any atom is -0.435 e. The van der Waals surface area contributed by atoms with Gasteiger partial charge in [0.2, 0.25) is 0 Å². The number of alkyl halides is 2. The number of amides is 1. The molecule has 22 heavy (non-hydrogen) atoms. The maximum Gasteiger partial charge on any atom is 0.387 e. The Labute approximate surface area is 125 Å². The zero-order chi connectivity index (χ0) is 15.9. The van der Waals surface area contributed by atoms with E-state index in [1.54, 1.807) is 31.2 Å². The van der Waals surface area contributed by atoms with Crippen molar-refractivity contribution < 1.29 is 18.3 Å². The number of rotatable bonds is 5. The number of benzene rings is 1. The number of hydrazone groups is 1. The molecule has 0 aliphatic heterocycles. The van der Waals surface area contributed by atoms with Crippen LogP contribution in [0.4, 0.5) is 8.78 Å². The molecular weight excluding hydrogens is 292 g/mol. The topological polar surface area (TPSA) is 63.6 Å². The Bertz CT molecular complexity index is 658. The fourth-order valence-electron chi connectivity index (χ4n) is 1.64. The number of carbonyl (C=O) groups excluding carboxylic acids is 1. The highest BCUT2D eigenvalue weighted by Crippen LogP contribution is 2.15. The molecular formula is C15H13F2N3O2. The van der Waals surface area contributed by atoms with E-state index in [2.05, 4.69) is 20.2 Å². The van der Waals surface area contributed by atoms with Gasteiger partial charge in [-0.1, -0.05) is 0 Å². The van der Waals surface area contributed by atoms with E-state index < -0.39 is 6.61 Å². The largest absolute Gasteiger partial charge is 0.435 e. The quantitative estimate of drug-likeness (QED) is 0.682. The summed E-state index contributed by atoms with van der Waals surface area (Å²) in [6.07, 6.45) is 3.01. The van der Waals surface area contributed by atoms with Gasteiger partial charge >= 0.3 is 6.61 Å². The predicted octanol–water partition coefficient (Wildman–Crippen LogP) is 2.84. The zero-order valence-electron chi connectivity index (χ0n) is 11.7. The first-order valence-corrected chi connectivity index (χ1v) is 6.36. The molecule has 2 aromatic rings. The molecule has 5 nitrogen and oxygen atoms in total. The molecule has 0 radical (unpaired) electrons. The van der Waals surface area contributed by atoms with Crippen LogP contribution in [0, 0.1) is 0 Å². The molecule has 114 valence electrons. The van der Waals surface area contributed by atoms with Crippen molar-refractivity contribution in [1.29, 1.82) is 0 Å². The number of aromatic nitrogens is 1. The minimum absolute atomic E-state index is 0.0624. The van der Waals surface area contributed by atoms with Crippen molar-refractivity contribution in [3.63, 3.8) is 0 Å². The van der Waals surface area contributed by atoms with Crippen LogP contribution in [0.5, 0.6) is 5.75 Å². The average molecular weight is 305 g/mol. The normalized spacial score (nSPS) is 11.4. The van der Waals surface area contributed by atoms with Gasteiger partial charge in [-0.15, -0.1) is 0 Å². The second kappa shape index (κ2) is 7.26. The molecule has 1 heterocycles. The Balaban J connectivity index is 2.01. The molecule has 1 amide bonds. The molecule has 1 aromatic heterocycles. The molecule has 0 unspecified atom stereocenters. The van der Waals surface area contributed by atoms with Crippen LogP contribution in [-0.2, 0) is 0 Å². The van der Waals surface area contributed by atoms with Crippen LogP contribution in [0.1, 0.15) is 22.8 Å². The summed E-state index contributed by atoms with van der Waals surface area (Å²) in [7, 11) is 0. The standard InChI is InChI=1S/C15H13F2N3O2/c1-10(11-2-4-13(5-3-11)22-15(16)17)19-20-14(21)12-6-8-18-9-7-12/h2-9,15H,1H3,(H,20,21). The third kappa shape index (κ3) is 4.34. The lowest BCUT2D eigenvalue weighted by atomic mass is 10.1. The molecule has 0 spiro atoms. The van der Waals surface area contributed by atoms with Crippen LogP contribution in [0.2, 0.25) is 0 Å². The molecule has 1 aromatic carbocycles. The van der Waals surface area contributed by atoms with Crippen molar-refractivity contribution in [3.8, 4) is 5.75 Å². The Morgan fingerprint density at radius 1 is 1.14 bits per heavy atom. The zero-order valence-corrected chi connectivity index (χ0v) is 11.7. The maximum absolute atomic E-state index is 12.1. The van der Waals surface area contributed by atoms with E-state index in [1.807, 2.05) is 0 Å². The summed E-state index contributed by atoms with van der Waals surface area (Å²) in [5.74, 6) is -0.299. The number of ether oxygens (including phenoxy) is 1. The number of halogens is 2. The van der Waals surface area contributed by atoms with Gasteiger partial charge in [-0.25, -0.2) is 5.43 Å². The van der Waals surface area contributed by atoms with Gasteiger partial charge in [0, 0.05) is 18.0 Å². The minimum atomic E-state index is -2.86. The van der Waals surface area contributed by atoms with E-state index in [9.17, 15) is 13.6 Å². The summed E-state index contributed by atoms with van der Waals surface area (Å²) in [6, 6.07) is 9.11. The number of pyridine rings is 1. The van der Waals surface area contributed by atoms with Crippen molar-refractivity contribution in [1.82, 2.24) is 10.4 Å². The van der Waals surface area contributed by atoms with Gasteiger partial charge in [0.05, 0.1) is 5.71 Å². The molecule has 1 N–H and O–H groups in total. The van der Waals surface area contributed by atoms with Gasteiger partial charge in [0.1, 0.15) is 5.75 Å². The van der Waals surface area contributed by atoms with Crippen LogP contribution >= 0.6 is 0 Å². The van der Waals surface area contributed by atoms with Crippen molar-refractivity contribution in [2.75, 3.05) is 0 Å². The average Bonchev–Trinajstić information content (AvgIpc) is 2.53. The molecule has 2 rings (SSSR count). The highest BCUT2D eigenvalue weighted by molar-refractivity contribution is 6.00. The first-order valence-electron chi connectivity index (χ1n) is 6.36. The molecule has 0 bridgehead atoms. The molecule has 0 aliphatic rings. The Kier molecular flexibility index (Phi) is 5.13. The molecule has 0 fully saturated rings. The number of carbonyl (C=O) groups is 1. The van der Waals surface area contributed by atoms with Crippen LogP contribution in [0.15, 0.2) is 53.9 Å². The third-order valence-corrected chi connectivity index (χ3v) is 2.76. The number of hydrogen-bond acceptors (Lipinski definition) is 4. The second-order valence-corrected chi connectivity index (χ2v) is 4.28. The Hall–Kier alpha value is -2.83. The summed E-state index contributed by atoms with van der Waals surface area (Å²) in [6.45, 7) is -1.17. The fraction of sp³-hybridized carbons (Fsp3) is 0.133. The molecule has 0 atom stereocenters. The van der Waals surface area contributed by atoms with Crippen molar-refractivity contribution in [2.45, 2.75) is 13.5 Å². The first-order chi connectivity index (χ1) is 10.6. The van der Waals surface area contributed by atoms with E-state index in [0.717, 1.165) is 0 Å². The van der Waals surface area contributed by atoms with Crippen LogP contribution in [-0.4, -0.2) is 23.2 Å². The van der Waals surface area contributed by atoms with Crippen molar-refractivity contribution in [2.24, 2.45) is 5.10 Å². The number of nitrogens with zero attached hydrogens (tertiary/aromatic N) is 2. The van der Waals surface area contributed by atoms with Gasteiger partial charge < -0.3 is 4.74 Å². The van der Waals surface area contributed by atoms with Gasteiger partial charge in [-0.3, -0.25) is 9.78 Å². The van der Waals surface area contributed by atoms with Crippen molar-refractivity contribution in [3.05, 3.63) is 59.9 Å². The molecule has 0 aliphatic carbocycles. The number of nitrogens with one attached hydrogen (secondary N) is 1. The summed E-state index contributed by atoms with van der Waals surface area (Å²) in [5.41, 5.74) is 4.06. The van der Waals surface area contributed by atoms with Crippen molar-refractivity contribution >= 4 is 11.6 Å². The third-order valence-electron chi connectivity index (χ3n) is 2.76. The van der Waals surface area contributed by atoms with Crippen LogP contribution in [0.25, 0.3) is 0 Å². The molecule has 7 heteroatoms. The lowest BCUT2D eigenvalue weighted by molar-refractivity contribution is -0.0498. The van der Waals surface area contributed by atoms with E-state index in [0.29, 0.717) is 16.8 Å². The van der Waals surface area contributed by atoms with Crippen LogP contribution < -0.4 is 10.2 Å². The smallest absolute Gasteiger partial charge is 0.387 e. The van der Waals surface area contributed by atoms with E-state index >= 15 is 0 Å². The lowest BCUT2D eigenvalue weighted by Crippen LogP contribution is -2.19. The van der Waals surface area contributed by atoms with E-state index in [-0.39, 0.29) is 11.7 Å². The lowest BCUT2D eigenvalue weighted by Gasteiger charge is -2.06. The highest BCUT2D eigenvalue weighted by atomic mass is 19.3. The first kappa shape index (κ1) is 15.6. The Morgan fingerprint density at radius 2 is 1.77 bits per heavy atom. The summed E-state index contributed by atoms with van der Waals surface area (Å²) >= 11 is 0.